The van der Waals surface area contributed by atoms with E-state index in [4.69, 9.17) is 17.0 Å². The summed E-state index contributed by atoms with van der Waals surface area (Å²) in [6.45, 7) is 5.11. The average Bonchev–Trinajstić information content (AvgIpc) is 2.96. The van der Waals surface area contributed by atoms with Crippen molar-refractivity contribution in [3.05, 3.63) is 40.4 Å². The van der Waals surface area contributed by atoms with Crippen LogP contribution in [-0.2, 0) is 6.42 Å². The number of benzene rings is 1. The zero-order valence-corrected chi connectivity index (χ0v) is 15.3. The molecule has 1 aromatic heterocycles. The molecule has 0 amide bonds. The highest BCUT2D eigenvalue weighted by Crippen LogP contribution is 2.12. The molecule has 0 aliphatic carbocycles. The van der Waals surface area contributed by atoms with Crippen molar-refractivity contribution in [3.8, 4) is 5.75 Å². The quantitative estimate of drug-likeness (QED) is 0.384. The standard InChI is InChI=1S/C18H26N4OS/c1-3-5-7-13-23-16-11-9-15(10-12-16)14-19-22-17(8-6-4-2)20-21-18(22)24/h9-12,14H,3-8,13H2,1-2H3,(H,21,24)/b19-14+. The number of hydrogen-bond donors (Lipinski definition) is 1. The van der Waals surface area contributed by atoms with Crippen LogP contribution in [0.5, 0.6) is 5.75 Å². The molecule has 0 aliphatic rings. The third-order valence-electron chi connectivity index (χ3n) is 3.69. The lowest BCUT2D eigenvalue weighted by Gasteiger charge is -2.05. The number of nitrogens with one attached hydrogen (secondary N) is 1. The molecule has 24 heavy (non-hydrogen) atoms. The zero-order valence-electron chi connectivity index (χ0n) is 14.5. The van der Waals surface area contributed by atoms with Gasteiger partial charge in [-0.1, -0.05) is 33.1 Å². The molecule has 1 aromatic carbocycles. The first kappa shape index (κ1) is 18.4. The van der Waals surface area contributed by atoms with Gasteiger partial charge in [-0.2, -0.15) is 14.9 Å². The van der Waals surface area contributed by atoms with Gasteiger partial charge in [0.05, 0.1) is 12.8 Å². The van der Waals surface area contributed by atoms with Gasteiger partial charge >= 0.3 is 0 Å². The SMILES string of the molecule is CCCCCOc1ccc(/C=N/n2c(CCCC)n[nH]c2=S)cc1. The van der Waals surface area contributed by atoms with E-state index >= 15 is 0 Å². The average molecular weight is 346 g/mol. The number of aryl methyl sites for hydroxylation is 1. The largest absolute Gasteiger partial charge is 0.494 e. The highest BCUT2D eigenvalue weighted by atomic mass is 32.1. The number of ether oxygens (including phenoxy) is 1. The van der Waals surface area contributed by atoms with Crippen LogP contribution < -0.4 is 4.74 Å². The van der Waals surface area contributed by atoms with E-state index < -0.39 is 0 Å². The molecule has 1 heterocycles. The summed E-state index contributed by atoms with van der Waals surface area (Å²) >= 11 is 5.24. The van der Waals surface area contributed by atoms with Crippen molar-refractivity contribution in [1.82, 2.24) is 14.9 Å². The monoisotopic (exact) mass is 346 g/mol. The van der Waals surface area contributed by atoms with Crippen molar-refractivity contribution >= 4 is 18.4 Å². The smallest absolute Gasteiger partial charge is 0.216 e. The van der Waals surface area contributed by atoms with Crippen LogP contribution in [0.15, 0.2) is 29.4 Å². The van der Waals surface area contributed by atoms with Crippen molar-refractivity contribution < 1.29 is 4.74 Å². The van der Waals surface area contributed by atoms with Crippen molar-refractivity contribution in [2.75, 3.05) is 6.61 Å². The predicted molar refractivity (Wildman–Crippen MR) is 100 cm³/mol. The minimum Gasteiger partial charge on any atom is -0.494 e. The molecule has 2 rings (SSSR count). The maximum Gasteiger partial charge on any atom is 0.216 e. The minimum absolute atomic E-state index is 0.522. The van der Waals surface area contributed by atoms with Crippen LogP contribution in [0.4, 0.5) is 0 Å². The van der Waals surface area contributed by atoms with Gasteiger partial charge in [-0.25, -0.2) is 0 Å². The Hall–Kier alpha value is -1.95. The maximum atomic E-state index is 5.71. The summed E-state index contributed by atoms with van der Waals surface area (Å²) in [6.07, 6.45) is 8.35. The number of rotatable bonds is 10. The lowest BCUT2D eigenvalue weighted by Crippen LogP contribution is -1.99. The third kappa shape index (κ3) is 5.60. The van der Waals surface area contributed by atoms with Crippen molar-refractivity contribution in [1.29, 1.82) is 0 Å². The van der Waals surface area contributed by atoms with E-state index in [1.807, 2.05) is 24.3 Å². The summed E-state index contributed by atoms with van der Waals surface area (Å²) < 4.78 is 7.93. The molecule has 0 bridgehead atoms. The Morgan fingerprint density at radius 2 is 1.92 bits per heavy atom. The topological polar surface area (TPSA) is 55.2 Å². The number of hydrogen-bond acceptors (Lipinski definition) is 4. The highest BCUT2D eigenvalue weighted by Gasteiger charge is 2.03. The second-order valence-electron chi connectivity index (χ2n) is 5.73. The van der Waals surface area contributed by atoms with Gasteiger partial charge in [-0.3, -0.25) is 5.10 Å². The van der Waals surface area contributed by atoms with E-state index in [1.165, 1.54) is 12.8 Å². The van der Waals surface area contributed by atoms with Gasteiger partial charge < -0.3 is 4.74 Å². The molecule has 0 unspecified atom stereocenters. The number of aromatic nitrogens is 3. The van der Waals surface area contributed by atoms with E-state index in [0.29, 0.717) is 4.77 Å². The summed E-state index contributed by atoms with van der Waals surface area (Å²) in [4.78, 5) is 0. The lowest BCUT2D eigenvalue weighted by molar-refractivity contribution is 0.306. The first-order valence-electron chi connectivity index (χ1n) is 8.68. The fourth-order valence-electron chi connectivity index (χ4n) is 2.26. The molecule has 0 radical (unpaired) electrons. The van der Waals surface area contributed by atoms with Crippen LogP contribution in [0.25, 0.3) is 0 Å². The molecule has 0 atom stereocenters. The molecule has 0 saturated heterocycles. The summed E-state index contributed by atoms with van der Waals surface area (Å²) in [5, 5.41) is 11.5. The molecule has 1 N–H and O–H groups in total. The third-order valence-corrected chi connectivity index (χ3v) is 3.95. The Labute approximate surface area is 148 Å². The van der Waals surface area contributed by atoms with Gasteiger partial charge in [0.15, 0.2) is 5.82 Å². The molecular weight excluding hydrogens is 320 g/mol. The van der Waals surface area contributed by atoms with Gasteiger partial charge in [0.1, 0.15) is 5.75 Å². The predicted octanol–water partition coefficient (Wildman–Crippen LogP) is 4.73. The molecular formula is C18H26N4OS. The Balaban J connectivity index is 1.97. The normalized spacial score (nSPS) is 11.2. The van der Waals surface area contributed by atoms with Crippen molar-refractivity contribution in [2.24, 2.45) is 5.10 Å². The molecule has 2 aromatic rings. The summed E-state index contributed by atoms with van der Waals surface area (Å²) in [5.41, 5.74) is 1.00. The molecule has 0 fully saturated rings. The zero-order chi connectivity index (χ0) is 17.2. The first-order chi connectivity index (χ1) is 11.7. The Morgan fingerprint density at radius 3 is 2.62 bits per heavy atom. The fourth-order valence-corrected chi connectivity index (χ4v) is 2.45. The maximum absolute atomic E-state index is 5.71. The molecule has 0 aliphatic heterocycles. The van der Waals surface area contributed by atoms with Crippen LogP contribution in [0.3, 0.4) is 0 Å². The molecule has 6 heteroatoms. The second kappa shape index (κ2) is 10.0. The van der Waals surface area contributed by atoms with Crippen LogP contribution in [-0.4, -0.2) is 27.7 Å². The van der Waals surface area contributed by atoms with Gasteiger partial charge in [0.2, 0.25) is 4.77 Å². The lowest BCUT2D eigenvalue weighted by atomic mass is 10.2. The second-order valence-corrected chi connectivity index (χ2v) is 6.12. The Morgan fingerprint density at radius 1 is 1.17 bits per heavy atom. The first-order valence-corrected chi connectivity index (χ1v) is 9.09. The summed E-state index contributed by atoms with van der Waals surface area (Å²) in [7, 11) is 0. The van der Waals surface area contributed by atoms with Crippen LogP contribution in [0.2, 0.25) is 0 Å². The Kier molecular flexibility index (Phi) is 7.68. The summed E-state index contributed by atoms with van der Waals surface area (Å²) in [5.74, 6) is 1.76. The number of aromatic amines is 1. The molecule has 0 saturated carbocycles. The highest BCUT2D eigenvalue weighted by molar-refractivity contribution is 7.71. The van der Waals surface area contributed by atoms with Crippen molar-refractivity contribution in [3.63, 3.8) is 0 Å². The van der Waals surface area contributed by atoms with E-state index in [9.17, 15) is 0 Å². The van der Waals surface area contributed by atoms with Gasteiger partial charge in [-0.05, 0) is 54.9 Å². The van der Waals surface area contributed by atoms with Crippen molar-refractivity contribution in [2.45, 2.75) is 52.4 Å². The van der Waals surface area contributed by atoms with Gasteiger partial charge in [0, 0.05) is 6.42 Å². The molecule has 130 valence electrons. The van der Waals surface area contributed by atoms with E-state index in [0.717, 1.165) is 49.4 Å². The Bertz CT molecular complexity index is 688. The van der Waals surface area contributed by atoms with E-state index in [2.05, 4.69) is 29.1 Å². The number of unbranched alkanes of at least 4 members (excludes halogenated alkanes) is 3. The number of nitrogens with zero attached hydrogens (tertiary/aromatic N) is 3. The fraction of sp³-hybridized carbons (Fsp3) is 0.500. The minimum atomic E-state index is 0.522. The van der Waals surface area contributed by atoms with Crippen LogP contribution in [0.1, 0.15) is 57.3 Å². The van der Waals surface area contributed by atoms with E-state index in [-0.39, 0.29) is 0 Å². The van der Waals surface area contributed by atoms with Gasteiger partial charge in [-0.15, -0.1) is 0 Å². The van der Waals surface area contributed by atoms with Crippen LogP contribution in [0, 0.1) is 4.77 Å². The molecule has 0 spiro atoms. The van der Waals surface area contributed by atoms with Gasteiger partial charge in [0.25, 0.3) is 0 Å². The number of H-pyrrole nitrogens is 1. The van der Waals surface area contributed by atoms with E-state index in [1.54, 1.807) is 10.9 Å². The summed E-state index contributed by atoms with van der Waals surface area (Å²) in [6, 6.07) is 7.93. The van der Waals surface area contributed by atoms with Crippen LogP contribution >= 0.6 is 12.2 Å². The molecule has 5 nitrogen and oxygen atoms in total.